The number of rotatable bonds is 27. The Hall–Kier alpha value is -17.3. The molecule has 10 aromatic carbocycles. The Balaban J connectivity index is 0.000000128. The molecule has 0 amide bonds. The zero-order valence-electron chi connectivity index (χ0n) is 81.6. The number of allylic oxidation sites excluding steroid dienone is 1. The van der Waals surface area contributed by atoms with Crippen molar-refractivity contribution >= 4 is 135 Å². The van der Waals surface area contributed by atoms with Gasteiger partial charge < -0.3 is 127 Å². The van der Waals surface area contributed by atoms with E-state index in [1.165, 1.54) is 7.11 Å². The van der Waals surface area contributed by atoms with Gasteiger partial charge in [0.25, 0.3) is 0 Å². The van der Waals surface area contributed by atoms with Crippen molar-refractivity contribution in [3.05, 3.63) is 276 Å². The van der Waals surface area contributed by atoms with E-state index >= 15 is 0 Å². The second-order valence-electron chi connectivity index (χ2n) is 33.6. The third kappa shape index (κ3) is 19.7. The van der Waals surface area contributed by atoms with Gasteiger partial charge in [-0.2, -0.15) is 0 Å². The van der Waals surface area contributed by atoms with Gasteiger partial charge in [0, 0.05) is 144 Å². The van der Waals surface area contributed by atoms with Gasteiger partial charge in [0.1, 0.15) is 145 Å². The minimum atomic E-state index is -0.868. The maximum atomic E-state index is 13.5. The van der Waals surface area contributed by atoms with Crippen molar-refractivity contribution in [1.29, 1.82) is 21.6 Å². The fraction of sp³-hybridized carbons (Fsp3) is 0.245. The summed E-state index contributed by atoms with van der Waals surface area (Å²) in [5.41, 5.74) is 14.8. The van der Waals surface area contributed by atoms with Crippen LogP contribution in [0, 0.1) is 27.6 Å². The van der Waals surface area contributed by atoms with Gasteiger partial charge in [0.2, 0.25) is 0 Å². The van der Waals surface area contributed by atoms with Crippen molar-refractivity contribution in [1.82, 2.24) is 45.2 Å². The van der Waals surface area contributed by atoms with E-state index in [-0.39, 0.29) is 76.8 Å². The first kappa shape index (κ1) is 98.7. The number of aliphatic hydroxyl groups excluding tert-OH is 3. The molecule has 20 rings (SSSR count). The number of Topliss-reactive ketones (excluding diaryl/α,β-unsaturated/α-hetero) is 2. The lowest BCUT2D eigenvalue weighted by Crippen LogP contribution is -2.39. The maximum absolute atomic E-state index is 13.5. The highest BCUT2D eigenvalue weighted by atomic mass is 16.5. The molecular weight excluding hydrogens is 1830 g/mol. The summed E-state index contributed by atoms with van der Waals surface area (Å²) in [6.45, 7) is 4.84. The van der Waals surface area contributed by atoms with Crippen LogP contribution in [-0.2, 0) is 30.2 Å². The van der Waals surface area contributed by atoms with Crippen LogP contribution in [-0.4, -0.2) is 234 Å². The number of H-pyrrole nitrogens is 4. The Kier molecular flexibility index (Phi) is 29.7. The standard InChI is InChI=1S/C23H25N3O4.C22H24N4O3.C21H22N4O4.C20H20N4O4.C20H20N4O3/c1-28-9-8-20-22(27)21(19-10-14-6-4-5-7-18(14)25-19)23(24)26(20)15-11-16(29-2)13-17(12-15)30-3;1-12(2)19-20(27)18(22-24-16-7-5-6-8-17(16)25-22)21(23)26(19)13-9-14(28-3)11-15(10-13)29-4;1-27-11-17-19(26)18(21-23-15-6-4-5-7-16(15)24-21)20(22)25(17)12-8-13(28-2)10-14(9-12)29-3;1-26-12-8-11(9-13(10-12)27-2)24-18(21)16(17(25)20(24)28-3)19-22-14-6-4-5-7-15(14)23-19;1-21-20-18(19-22-15-6-4-5-7-16(15)23-19)17(25)11-24(20)12-8-13(26-2)10-14(9-12)27-3/h4-7,11-13,20,24-25H,8-10H2,1-3H3;5-12,19,23,27H,1-4H3,(H,24,25);4-10,17,22,26H,11H2,1-3H3,(H,23,24);4-10,20-21,25H,1-3H3,(H,22,23);4-10,21H,11H2,1-3H3,(H,22,23). The van der Waals surface area contributed by atoms with Crippen molar-refractivity contribution in [3.63, 3.8) is 0 Å². The van der Waals surface area contributed by atoms with Crippen LogP contribution in [0.2, 0.25) is 0 Å². The highest BCUT2D eigenvalue weighted by Crippen LogP contribution is 2.46. The number of benzene rings is 10. The third-order valence-electron chi connectivity index (χ3n) is 24.9. The minimum Gasteiger partial charge on any atom is -0.509 e. The van der Waals surface area contributed by atoms with Gasteiger partial charge >= 0.3 is 0 Å². The van der Waals surface area contributed by atoms with Crippen molar-refractivity contribution in [3.8, 4) is 57.5 Å². The maximum Gasteiger partial charge on any atom is 0.194 e. The molecule has 4 aromatic heterocycles. The molecule has 4 atom stereocenters. The van der Waals surface area contributed by atoms with E-state index in [4.69, 9.17) is 83.2 Å². The molecule has 4 unspecified atom stereocenters. The molecule has 14 aromatic rings. The number of fused-ring (bicyclic) bond motifs is 5. The first-order valence-corrected chi connectivity index (χ1v) is 45.4. The summed E-state index contributed by atoms with van der Waals surface area (Å²) in [4.78, 5) is 66.1. The fourth-order valence-corrected chi connectivity index (χ4v) is 18.0. The van der Waals surface area contributed by atoms with Crippen molar-refractivity contribution in [2.45, 2.75) is 51.0 Å². The molecule has 6 aliphatic rings. The number of aliphatic hydroxyl groups is 3. The lowest BCUT2D eigenvalue weighted by atomic mass is 10.0. The Morgan fingerprint density at radius 1 is 0.392 bits per heavy atom. The SMILES string of the molecule is CNC1=C(c2nc3ccccc3[nH]2)C(=O)CN1c1cc(OC)cc(OC)c1.COCC1C(O)=C(c2nc3ccccc3[nH]2)C(=N)N1c1cc(OC)cc(OC)c1.COCCC1C(=O)C(=C2Cc3ccccc3N2)C(=N)N1c1cc(OC)cc(OC)c1.COc1cc(OC)cc(N2C(=N)C(c3nc4ccccc4[nH]3)=C(O)C2C(C)C)c1.COc1cc(OC)cc(N2C(=N)C(c3nc4ccccc4[nH]3)=C(O)C2OC)c1. The Morgan fingerprint density at radius 3 is 1.10 bits per heavy atom. The van der Waals surface area contributed by atoms with Gasteiger partial charge in [-0.1, -0.05) is 80.6 Å². The predicted molar refractivity (Wildman–Crippen MR) is 551 cm³/mol. The number of aromatic nitrogens is 8. The number of imidazole rings is 4. The number of aromatic amines is 4. The minimum absolute atomic E-state index is 0.0137. The molecule has 738 valence electrons. The Labute approximate surface area is 823 Å². The number of amidine groups is 4. The topological polar surface area (TPSA) is 465 Å². The molecule has 6 aliphatic heterocycles. The lowest BCUT2D eigenvalue weighted by molar-refractivity contribution is -0.116. The molecule has 0 bridgehead atoms. The molecule has 0 spiro atoms. The van der Waals surface area contributed by atoms with E-state index < -0.39 is 24.4 Å². The number of hydrogen-bond acceptors (Lipinski definition) is 29. The monoisotopic (exact) mass is 1940 g/mol. The van der Waals surface area contributed by atoms with Crippen LogP contribution >= 0.6 is 0 Å². The lowest BCUT2D eigenvalue weighted by Gasteiger charge is -2.30. The molecule has 0 aliphatic carbocycles. The summed E-state index contributed by atoms with van der Waals surface area (Å²) < 4.78 is 69.7. The highest BCUT2D eigenvalue weighted by molar-refractivity contribution is 6.36. The smallest absolute Gasteiger partial charge is 0.194 e. The van der Waals surface area contributed by atoms with E-state index in [2.05, 4.69) is 50.5 Å². The number of hydrogen-bond donors (Lipinski definition) is 13. The number of para-hydroxylation sites is 9. The molecule has 143 heavy (non-hydrogen) atoms. The number of carbonyl (C=O) groups excluding carboxylic acids is 2. The predicted octanol–water partition coefficient (Wildman–Crippen LogP) is 17.0. The van der Waals surface area contributed by atoms with Crippen LogP contribution in [0.1, 0.15) is 49.1 Å². The number of methoxy groups -OCH3 is 13. The van der Waals surface area contributed by atoms with Crippen LogP contribution in [0.25, 0.3) is 66.4 Å². The molecule has 1 fully saturated rings. The molecule has 37 nitrogen and oxygen atoms in total. The second-order valence-corrected chi connectivity index (χ2v) is 33.6. The molecule has 0 saturated carbocycles. The van der Waals surface area contributed by atoms with Gasteiger partial charge in [-0.3, -0.25) is 36.1 Å². The van der Waals surface area contributed by atoms with Crippen molar-refractivity contribution < 1.29 is 86.5 Å². The van der Waals surface area contributed by atoms with Crippen LogP contribution in [0.15, 0.2) is 247 Å². The molecule has 0 radical (unpaired) electrons. The molecular formula is C106H111N19O18. The summed E-state index contributed by atoms with van der Waals surface area (Å²) >= 11 is 0. The number of anilines is 6. The molecule has 1 saturated heterocycles. The van der Waals surface area contributed by atoms with Gasteiger partial charge in [0.05, 0.1) is 180 Å². The van der Waals surface area contributed by atoms with Gasteiger partial charge in [-0.25, -0.2) is 19.9 Å². The summed E-state index contributed by atoms with van der Waals surface area (Å²) in [5.74, 6) is 9.16. The molecule has 13 N–H and O–H groups in total. The normalized spacial score (nSPS) is 17.1. The van der Waals surface area contributed by atoms with Gasteiger partial charge in [0.15, 0.2) is 23.6 Å². The number of nitrogens with zero attached hydrogens (tertiary/aromatic N) is 9. The zero-order chi connectivity index (χ0) is 101. The summed E-state index contributed by atoms with van der Waals surface area (Å²) in [5, 5.41) is 74.8. The number of carbonyl (C=O) groups is 2. The third-order valence-corrected chi connectivity index (χ3v) is 24.9. The summed E-state index contributed by atoms with van der Waals surface area (Å²) in [7, 11) is 22.2. The largest absolute Gasteiger partial charge is 0.509 e. The van der Waals surface area contributed by atoms with Crippen LogP contribution in [0.3, 0.4) is 0 Å². The van der Waals surface area contributed by atoms with Gasteiger partial charge in [-0.15, -0.1) is 0 Å². The Bertz CT molecular complexity index is 7120. The summed E-state index contributed by atoms with van der Waals surface area (Å²) in [6.07, 6.45) is 0.208. The van der Waals surface area contributed by atoms with E-state index in [9.17, 15) is 24.9 Å². The molecule has 37 heteroatoms. The van der Waals surface area contributed by atoms with Crippen molar-refractivity contribution in [2.75, 3.05) is 149 Å². The zero-order valence-corrected chi connectivity index (χ0v) is 81.6. The van der Waals surface area contributed by atoms with Crippen molar-refractivity contribution in [2.24, 2.45) is 5.92 Å². The summed E-state index contributed by atoms with van der Waals surface area (Å²) in [6, 6.07) is 63.9. The average Bonchev–Trinajstić information content (AvgIpc) is 1.61. The van der Waals surface area contributed by atoms with E-state index in [1.54, 1.807) is 167 Å². The average molecular weight is 1940 g/mol. The Morgan fingerprint density at radius 2 is 0.727 bits per heavy atom. The van der Waals surface area contributed by atoms with Crippen LogP contribution < -0.4 is 82.5 Å². The number of ether oxygens (including phenoxy) is 13. The quantitative estimate of drug-likeness (QED) is 0.0213. The second kappa shape index (κ2) is 43.0. The first-order valence-electron chi connectivity index (χ1n) is 45.4. The highest BCUT2D eigenvalue weighted by Gasteiger charge is 2.47. The van der Waals surface area contributed by atoms with E-state index in [1.807, 2.05) is 176 Å². The van der Waals surface area contributed by atoms with Gasteiger partial charge in [-0.05, 0) is 72.5 Å². The number of nitrogens with one attached hydrogen (secondary N) is 10. The molecule has 10 heterocycles. The van der Waals surface area contributed by atoms with Crippen LogP contribution in [0.4, 0.5) is 34.1 Å². The fourth-order valence-electron chi connectivity index (χ4n) is 18.0. The first-order chi connectivity index (χ1) is 69.3. The van der Waals surface area contributed by atoms with E-state index in [0.29, 0.717) is 151 Å². The van der Waals surface area contributed by atoms with E-state index in [0.717, 1.165) is 66.8 Å². The van der Waals surface area contributed by atoms with Crippen LogP contribution in [0.5, 0.6) is 57.5 Å². The number of ketones is 2.